The minimum absolute atomic E-state index is 0.540. The maximum Gasteiger partial charge on any atom is 0.0635 e. The zero-order valence-electron chi connectivity index (χ0n) is 8.98. The first-order valence-electron chi connectivity index (χ1n) is 5.31. The zero-order chi connectivity index (χ0) is 11.2. The number of aromatic nitrogens is 1. The smallest absolute Gasteiger partial charge is 0.0635 e. The first kappa shape index (κ1) is 10.6. The number of nitriles is 1. The highest BCUT2D eigenvalue weighted by atomic mass is 14.8. The van der Waals surface area contributed by atoms with E-state index in [9.17, 15) is 0 Å². The lowest BCUT2D eigenvalue weighted by atomic mass is 10.1. The maximum absolute atomic E-state index is 8.43. The Balaban J connectivity index is 2.15. The van der Waals surface area contributed by atoms with Gasteiger partial charge in [0.15, 0.2) is 0 Å². The lowest BCUT2D eigenvalue weighted by Gasteiger charge is -2.06. The predicted octanol–water partition coefficient (Wildman–Crippen LogP) is 2.24. The summed E-state index contributed by atoms with van der Waals surface area (Å²) in [5.74, 6) is 0. The van der Waals surface area contributed by atoms with E-state index in [1.807, 2.05) is 24.5 Å². The third kappa shape index (κ3) is 2.36. The van der Waals surface area contributed by atoms with Crippen LogP contribution in [0, 0.1) is 11.3 Å². The number of benzene rings is 1. The third-order valence-electron chi connectivity index (χ3n) is 2.48. The quantitative estimate of drug-likeness (QED) is 0.789. The van der Waals surface area contributed by atoms with Crippen LogP contribution in [0.25, 0.3) is 10.8 Å². The van der Waals surface area contributed by atoms with Gasteiger partial charge in [-0.1, -0.05) is 24.3 Å². The van der Waals surface area contributed by atoms with Crippen molar-refractivity contribution in [1.82, 2.24) is 10.3 Å². The van der Waals surface area contributed by atoms with Crippen molar-refractivity contribution in [2.45, 2.75) is 13.0 Å². The van der Waals surface area contributed by atoms with Gasteiger partial charge in [-0.2, -0.15) is 5.26 Å². The second kappa shape index (κ2) is 5.24. The van der Waals surface area contributed by atoms with Gasteiger partial charge in [-0.15, -0.1) is 0 Å². The fourth-order valence-electron chi connectivity index (χ4n) is 1.69. The molecule has 0 unspecified atom stereocenters. The van der Waals surface area contributed by atoms with Crippen LogP contribution in [-0.2, 0) is 6.54 Å². The molecule has 16 heavy (non-hydrogen) atoms. The second-order valence-corrected chi connectivity index (χ2v) is 3.60. The molecular formula is C13H13N3. The molecule has 3 heteroatoms. The highest BCUT2D eigenvalue weighted by molar-refractivity contribution is 5.84. The van der Waals surface area contributed by atoms with E-state index >= 15 is 0 Å². The van der Waals surface area contributed by atoms with Gasteiger partial charge in [0.25, 0.3) is 0 Å². The number of fused-ring (bicyclic) bond motifs is 1. The zero-order valence-corrected chi connectivity index (χ0v) is 8.98. The van der Waals surface area contributed by atoms with E-state index in [0.29, 0.717) is 6.42 Å². The van der Waals surface area contributed by atoms with Gasteiger partial charge in [-0.3, -0.25) is 4.98 Å². The Morgan fingerprint density at radius 3 is 3.00 bits per heavy atom. The van der Waals surface area contributed by atoms with Gasteiger partial charge in [0, 0.05) is 37.3 Å². The monoisotopic (exact) mass is 211 g/mol. The van der Waals surface area contributed by atoms with E-state index in [0.717, 1.165) is 18.5 Å². The third-order valence-corrected chi connectivity index (χ3v) is 2.48. The molecule has 0 amide bonds. The van der Waals surface area contributed by atoms with Crippen LogP contribution in [0.5, 0.6) is 0 Å². The Hall–Kier alpha value is -1.92. The van der Waals surface area contributed by atoms with Crippen LogP contribution >= 0.6 is 0 Å². The molecule has 0 saturated heterocycles. The van der Waals surface area contributed by atoms with Crippen molar-refractivity contribution in [2.24, 2.45) is 0 Å². The van der Waals surface area contributed by atoms with E-state index in [-0.39, 0.29) is 0 Å². The van der Waals surface area contributed by atoms with Crippen LogP contribution in [0.2, 0.25) is 0 Å². The molecule has 2 aromatic rings. The van der Waals surface area contributed by atoms with Crippen molar-refractivity contribution in [3.8, 4) is 6.07 Å². The molecule has 1 heterocycles. The van der Waals surface area contributed by atoms with E-state index in [2.05, 4.69) is 28.5 Å². The van der Waals surface area contributed by atoms with E-state index in [1.54, 1.807) is 0 Å². The minimum Gasteiger partial charge on any atom is -0.312 e. The summed E-state index contributed by atoms with van der Waals surface area (Å²) in [6.45, 7) is 1.48. The lowest BCUT2D eigenvalue weighted by Crippen LogP contribution is -2.14. The highest BCUT2D eigenvalue weighted by Crippen LogP contribution is 2.16. The summed E-state index contributed by atoms with van der Waals surface area (Å²) in [6.07, 6.45) is 4.29. The molecule has 0 aliphatic rings. The van der Waals surface area contributed by atoms with Crippen molar-refractivity contribution in [3.05, 3.63) is 42.2 Å². The van der Waals surface area contributed by atoms with Gasteiger partial charge < -0.3 is 5.32 Å². The van der Waals surface area contributed by atoms with Gasteiger partial charge in [0.2, 0.25) is 0 Å². The average molecular weight is 211 g/mol. The van der Waals surface area contributed by atoms with Crippen LogP contribution in [0.15, 0.2) is 36.7 Å². The summed E-state index contributed by atoms with van der Waals surface area (Å²) in [6, 6.07) is 10.3. The molecule has 0 radical (unpaired) electrons. The molecule has 3 nitrogen and oxygen atoms in total. The maximum atomic E-state index is 8.43. The molecule has 0 aliphatic heterocycles. The molecular weight excluding hydrogens is 198 g/mol. The van der Waals surface area contributed by atoms with Gasteiger partial charge in [-0.25, -0.2) is 0 Å². The number of hydrogen-bond donors (Lipinski definition) is 1. The highest BCUT2D eigenvalue weighted by Gasteiger charge is 1.99. The molecule has 0 fully saturated rings. The minimum atomic E-state index is 0.540. The van der Waals surface area contributed by atoms with Gasteiger partial charge in [-0.05, 0) is 10.9 Å². The largest absolute Gasteiger partial charge is 0.312 e. The number of nitrogens with one attached hydrogen (secondary N) is 1. The SMILES string of the molecule is N#CCCNCc1cncc2ccccc12. The second-order valence-electron chi connectivity index (χ2n) is 3.60. The topological polar surface area (TPSA) is 48.7 Å². The van der Waals surface area contributed by atoms with Crippen LogP contribution in [0.4, 0.5) is 0 Å². The molecule has 0 aliphatic carbocycles. The molecule has 0 spiro atoms. The summed E-state index contributed by atoms with van der Waals surface area (Å²) in [5.41, 5.74) is 1.18. The standard InChI is InChI=1S/C13H13N3/c14-6-3-7-15-9-12-10-16-8-11-4-1-2-5-13(11)12/h1-2,4-5,8,10,15H,3,7,9H2. The molecule has 0 atom stereocenters. The average Bonchev–Trinajstić information content (AvgIpc) is 2.35. The summed E-state index contributed by atoms with van der Waals surface area (Å²) in [7, 11) is 0. The molecule has 80 valence electrons. The van der Waals surface area contributed by atoms with Crippen molar-refractivity contribution in [1.29, 1.82) is 5.26 Å². The first-order valence-corrected chi connectivity index (χ1v) is 5.31. The molecule has 1 N–H and O–H groups in total. The van der Waals surface area contributed by atoms with E-state index in [4.69, 9.17) is 5.26 Å². The molecule has 0 bridgehead atoms. The van der Waals surface area contributed by atoms with Crippen LogP contribution in [0.1, 0.15) is 12.0 Å². The van der Waals surface area contributed by atoms with Gasteiger partial charge >= 0.3 is 0 Å². The summed E-state index contributed by atoms with van der Waals surface area (Å²) < 4.78 is 0. The van der Waals surface area contributed by atoms with Gasteiger partial charge in [0.05, 0.1) is 6.07 Å². The van der Waals surface area contributed by atoms with E-state index < -0.39 is 0 Å². The fourth-order valence-corrected chi connectivity index (χ4v) is 1.69. The number of pyridine rings is 1. The number of nitrogens with zero attached hydrogens (tertiary/aromatic N) is 2. The Morgan fingerprint density at radius 1 is 1.25 bits per heavy atom. The van der Waals surface area contributed by atoms with Gasteiger partial charge in [0.1, 0.15) is 0 Å². The predicted molar refractivity (Wildman–Crippen MR) is 63.7 cm³/mol. The van der Waals surface area contributed by atoms with Crippen molar-refractivity contribution >= 4 is 10.8 Å². The summed E-state index contributed by atoms with van der Waals surface area (Å²) >= 11 is 0. The first-order chi connectivity index (χ1) is 7.92. The van der Waals surface area contributed by atoms with Crippen LogP contribution in [0.3, 0.4) is 0 Å². The van der Waals surface area contributed by atoms with Crippen molar-refractivity contribution in [3.63, 3.8) is 0 Å². The van der Waals surface area contributed by atoms with Crippen molar-refractivity contribution < 1.29 is 0 Å². The Kier molecular flexibility index (Phi) is 3.47. The Morgan fingerprint density at radius 2 is 2.12 bits per heavy atom. The lowest BCUT2D eigenvalue weighted by molar-refractivity contribution is 0.700. The van der Waals surface area contributed by atoms with Crippen LogP contribution in [-0.4, -0.2) is 11.5 Å². The number of hydrogen-bond acceptors (Lipinski definition) is 3. The summed E-state index contributed by atoms with van der Waals surface area (Å²) in [4.78, 5) is 4.21. The molecule has 2 rings (SSSR count). The normalized spacial score (nSPS) is 10.2. The summed E-state index contributed by atoms with van der Waals surface area (Å²) in [5, 5.41) is 14.0. The Bertz CT molecular complexity index is 509. The Labute approximate surface area is 94.7 Å². The molecule has 0 saturated carbocycles. The van der Waals surface area contributed by atoms with Crippen LogP contribution < -0.4 is 5.32 Å². The number of rotatable bonds is 4. The fraction of sp³-hybridized carbons (Fsp3) is 0.231. The van der Waals surface area contributed by atoms with Crippen molar-refractivity contribution in [2.75, 3.05) is 6.54 Å². The molecule has 1 aromatic heterocycles. The molecule has 1 aromatic carbocycles. The van der Waals surface area contributed by atoms with E-state index in [1.165, 1.54) is 10.9 Å².